The van der Waals surface area contributed by atoms with E-state index < -0.39 is 11.2 Å². The fourth-order valence-electron chi connectivity index (χ4n) is 3.57. The highest BCUT2D eigenvalue weighted by molar-refractivity contribution is 8.00. The van der Waals surface area contributed by atoms with E-state index in [1.165, 1.54) is 27.8 Å². The van der Waals surface area contributed by atoms with E-state index in [-0.39, 0.29) is 5.56 Å². The molecule has 1 amide bonds. The van der Waals surface area contributed by atoms with E-state index >= 15 is 0 Å². The first-order chi connectivity index (χ1) is 13.4. The number of aryl methyl sites for hydroxylation is 4. The van der Waals surface area contributed by atoms with Crippen LogP contribution in [0.1, 0.15) is 41.3 Å². The maximum absolute atomic E-state index is 13.6. The maximum Gasteiger partial charge on any atom is 0.267 e. The van der Waals surface area contributed by atoms with E-state index in [4.69, 9.17) is 10.7 Å². The minimum absolute atomic E-state index is 0.0492. The molecule has 0 aliphatic heterocycles. The zero-order valence-corrected chi connectivity index (χ0v) is 17.9. The predicted molar refractivity (Wildman–Crippen MR) is 116 cm³/mol. The SMILES string of the molecule is Cc1ccc(-n2c(SC(C)C(N)=O)nc3sc4c(c3c2=O)CCCC4)cc1C. The topological polar surface area (TPSA) is 78.0 Å². The highest BCUT2D eigenvalue weighted by Crippen LogP contribution is 2.35. The number of thiophene rings is 1. The Balaban J connectivity index is 2.00. The van der Waals surface area contributed by atoms with Crippen LogP contribution >= 0.6 is 23.1 Å². The number of nitrogens with two attached hydrogens (primary N) is 1. The molecule has 0 radical (unpaired) electrons. The van der Waals surface area contributed by atoms with Crippen molar-refractivity contribution < 1.29 is 4.79 Å². The van der Waals surface area contributed by atoms with Gasteiger partial charge >= 0.3 is 0 Å². The smallest absolute Gasteiger partial charge is 0.267 e. The summed E-state index contributed by atoms with van der Waals surface area (Å²) in [6.07, 6.45) is 4.21. The number of hydrogen-bond donors (Lipinski definition) is 1. The van der Waals surface area contributed by atoms with Crippen molar-refractivity contribution >= 4 is 39.2 Å². The summed E-state index contributed by atoms with van der Waals surface area (Å²) < 4.78 is 1.65. The third-order valence-electron chi connectivity index (χ3n) is 5.39. The number of fused-ring (bicyclic) bond motifs is 3. The summed E-state index contributed by atoms with van der Waals surface area (Å²) in [6.45, 7) is 5.82. The molecule has 0 bridgehead atoms. The number of primary amides is 1. The minimum atomic E-state index is -0.475. The van der Waals surface area contributed by atoms with Crippen molar-refractivity contribution in [2.45, 2.75) is 56.9 Å². The number of nitrogens with zero attached hydrogens (tertiary/aromatic N) is 2. The summed E-state index contributed by atoms with van der Waals surface area (Å²) in [4.78, 5) is 32.2. The van der Waals surface area contributed by atoms with Gasteiger partial charge in [0.1, 0.15) is 4.83 Å². The van der Waals surface area contributed by atoms with Crippen LogP contribution in [-0.4, -0.2) is 20.7 Å². The maximum atomic E-state index is 13.6. The molecule has 0 spiro atoms. The zero-order chi connectivity index (χ0) is 20.0. The van der Waals surface area contributed by atoms with Crippen LogP contribution in [0.4, 0.5) is 0 Å². The Morgan fingerprint density at radius 3 is 2.71 bits per heavy atom. The van der Waals surface area contributed by atoms with Crippen LogP contribution in [-0.2, 0) is 17.6 Å². The molecule has 3 aromatic rings. The van der Waals surface area contributed by atoms with Crippen LogP contribution in [0.15, 0.2) is 28.2 Å². The number of carbonyl (C=O) groups excluding carboxylic acids is 1. The first-order valence-corrected chi connectivity index (χ1v) is 11.2. The third kappa shape index (κ3) is 3.26. The molecular weight excluding hydrogens is 390 g/mol. The van der Waals surface area contributed by atoms with Crippen molar-refractivity contribution in [2.24, 2.45) is 5.73 Å². The lowest BCUT2D eigenvalue weighted by Crippen LogP contribution is -2.26. The molecule has 2 N–H and O–H groups in total. The highest BCUT2D eigenvalue weighted by atomic mass is 32.2. The second-order valence-electron chi connectivity index (χ2n) is 7.36. The molecule has 7 heteroatoms. The molecule has 1 aromatic carbocycles. The van der Waals surface area contributed by atoms with E-state index in [0.717, 1.165) is 47.2 Å². The first-order valence-electron chi connectivity index (χ1n) is 9.47. The normalized spacial score (nSPS) is 14.8. The molecule has 0 saturated carbocycles. The molecule has 2 aromatic heterocycles. The van der Waals surface area contributed by atoms with Gasteiger partial charge in [-0.2, -0.15) is 0 Å². The second-order valence-corrected chi connectivity index (χ2v) is 9.75. The number of amides is 1. The summed E-state index contributed by atoms with van der Waals surface area (Å²) in [5.74, 6) is -0.420. The predicted octanol–water partition coefficient (Wildman–Crippen LogP) is 3.91. The summed E-state index contributed by atoms with van der Waals surface area (Å²) >= 11 is 2.86. The van der Waals surface area contributed by atoms with Gasteiger partial charge in [0.2, 0.25) is 5.91 Å². The van der Waals surface area contributed by atoms with Crippen molar-refractivity contribution in [3.63, 3.8) is 0 Å². The van der Waals surface area contributed by atoms with Crippen molar-refractivity contribution in [1.29, 1.82) is 0 Å². The van der Waals surface area contributed by atoms with Crippen LogP contribution in [0.2, 0.25) is 0 Å². The van der Waals surface area contributed by atoms with Gasteiger partial charge in [-0.25, -0.2) is 4.98 Å². The van der Waals surface area contributed by atoms with E-state index in [1.807, 2.05) is 32.0 Å². The molecule has 146 valence electrons. The fraction of sp³-hybridized carbons (Fsp3) is 0.381. The standard InChI is InChI=1S/C21H23N3O2S2/c1-11-8-9-14(10-12(11)2)24-20(26)17-15-6-4-5-7-16(15)28-19(17)23-21(24)27-13(3)18(22)25/h8-10,13H,4-7H2,1-3H3,(H2,22,25). The summed E-state index contributed by atoms with van der Waals surface area (Å²) in [6, 6.07) is 5.95. The zero-order valence-electron chi connectivity index (χ0n) is 16.2. The third-order valence-corrected chi connectivity index (χ3v) is 7.65. The average molecular weight is 414 g/mol. The summed E-state index contributed by atoms with van der Waals surface area (Å²) in [7, 11) is 0. The van der Waals surface area contributed by atoms with Gasteiger partial charge in [0, 0.05) is 4.88 Å². The lowest BCUT2D eigenvalue weighted by Gasteiger charge is -2.16. The van der Waals surface area contributed by atoms with Crippen LogP contribution < -0.4 is 11.3 Å². The molecule has 1 aliphatic rings. The monoisotopic (exact) mass is 413 g/mol. The van der Waals surface area contributed by atoms with Crippen molar-refractivity contribution in [3.8, 4) is 5.69 Å². The van der Waals surface area contributed by atoms with Gasteiger partial charge in [0.15, 0.2) is 5.16 Å². The van der Waals surface area contributed by atoms with Crippen LogP contribution in [0, 0.1) is 13.8 Å². The molecule has 28 heavy (non-hydrogen) atoms. The summed E-state index contributed by atoms with van der Waals surface area (Å²) in [5.41, 5.74) is 9.64. The van der Waals surface area contributed by atoms with E-state index in [1.54, 1.807) is 22.8 Å². The summed E-state index contributed by atoms with van der Waals surface area (Å²) in [5, 5.41) is 0.788. The number of carbonyl (C=O) groups is 1. The Morgan fingerprint density at radius 1 is 1.25 bits per heavy atom. The molecule has 1 unspecified atom stereocenters. The quantitative estimate of drug-likeness (QED) is 0.520. The number of benzene rings is 1. The van der Waals surface area contributed by atoms with E-state index in [2.05, 4.69) is 0 Å². The lowest BCUT2D eigenvalue weighted by atomic mass is 9.97. The second kappa shape index (κ2) is 7.37. The van der Waals surface area contributed by atoms with Gasteiger partial charge in [-0.15, -0.1) is 11.3 Å². The molecule has 1 aliphatic carbocycles. The average Bonchev–Trinajstić information content (AvgIpc) is 3.03. The van der Waals surface area contributed by atoms with Gasteiger partial charge in [-0.3, -0.25) is 14.2 Å². The van der Waals surface area contributed by atoms with Crippen molar-refractivity contribution in [3.05, 3.63) is 50.1 Å². The van der Waals surface area contributed by atoms with Gasteiger partial charge in [0.05, 0.1) is 16.3 Å². The Morgan fingerprint density at radius 2 is 2.00 bits per heavy atom. The molecule has 0 saturated heterocycles. The van der Waals surface area contributed by atoms with Crippen molar-refractivity contribution in [2.75, 3.05) is 0 Å². The molecule has 4 rings (SSSR count). The van der Waals surface area contributed by atoms with Gasteiger partial charge < -0.3 is 5.73 Å². The minimum Gasteiger partial charge on any atom is -0.369 e. The number of aromatic nitrogens is 2. The Hall–Kier alpha value is -2.12. The number of rotatable bonds is 4. The molecule has 5 nitrogen and oxygen atoms in total. The van der Waals surface area contributed by atoms with E-state index in [0.29, 0.717) is 5.16 Å². The lowest BCUT2D eigenvalue weighted by molar-refractivity contribution is -0.117. The molecule has 1 atom stereocenters. The van der Waals surface area contributed by atoms with Crippen LogP contribution in [0.25, 0.3) is 15.9 Å². The Kier molecular flexibility index (Phi) is 5.05. The first kappa shape index (κ1) is 19.2. The molecular formula is C21H23N3O2S2. The Labute approximate surface area is 172 Å². The van der Waals surface area contributed by atoms with Gasteiger partial charge in [-0.1, -0.05) is 17.8 Å². The molecule has 0 fully saturated rings. The molecule has 2 heterocycles. The van der Waals surface area contributed by atoms with Gasteiger partial charge in [-0.05, 0) is 75.3 Å². The van der Waals surface area contributed by atoms with Crippen molar-refractivity contribution in [1.82, 2.24) is 9.55 Å². The Bertz CT molecular complexity index is 1150. The van der Waals surface area contributed by atoms with Crippen LogP contribution in [0.3, 0.4) is 0 Å². The van der Waals surface area contributed by atoms with Crippen LogP contribution in [0.5, 0.6) is 0 Å². The van der Waals surface area contributed by atoms with Gasteiger partial charge in [0.25, 0.3) is 5.56 Å². The fourth-order valence-corrected chi connectivity index (χ4v) is 5.75. The number of hydrogen-bond acceptors (Lipinski definition) is 5. The largest absolute Gasteiger partial charge is 0.369 e. The number of thioether (sulfide) groups is 1. The highest BCUT2D eigenvalue weighted by Gasteiger charge is 2.24. The van der Waals surface area contributed by atoms with E-state index in [9.17, 15) is 9.59 Å².